The Morgan fingerprint density at radius 2 is 0.823 bits per heavy atom. The summed E-state index contributed by atoms with van der Waals surface area (Å²) in [5, 5.41) is 0. The maximum Gasteiger partial charge on any atom is -0.147 e. The van der Waals surface area contributed by atoms with Crippen LogP contribution in [0.1, 0.15) is 139 Å². The molecule has 0 aliphatic heterocycles. The van der Waals surface area contributed by atoms with E-state index in [4.69, 9.17) is 8.83 Å². The SMILES string of the molecule is Cc1cc(C2=Cc3c(cc(C)c(C)c3-c3ccc(C(C)(C)C)cc3)[CH]2[Zr]([CH]2C(c3cc(C)c(C)o3)=Cc3c2cc(C)c(C)c3-c2ccc(C(C)(C)C)cc2)=[Si](C)C)oc1C.Cl.Cl. The van der Waals surface area contributed by atoms with Crippen molar-refractivity contribution < 1.29 is 29.2 Å². The second-order valence-electron chi connectivity index (χ2n) is 20.3. The van der Waals surface area contributed by atoms with E-state index >= 15 is 0 Å². The number of fused-ring (bicyclic) bond motifs is 2. The Hall–Kier alpha value is -3.40. The van der Waals surface area contributed by atoms with Gasteiger partial charge < -0.3 is 0 Å². The molecule has 2 aromatic heterocycles. The molecule has 8 rings (SSSR count). The summed E-state index contributed by atoms with van der Waals surface area (Å²) in [5.41, 5.74) is 23.9. The molecule has 0 spiro atoms. The van der Waals surface area contributed by atoms with Gasteiger partial charge in [-0.15, -0.1) is 24.8 Å². The first kappa shape index (κ1) is 48.1. The molecular weight excluding hydrogens is 895 g/mol. The Morgan fingerprint density at radius 3 is 1.10 bits per heavy atom. The minimum Gasteiger partial charge on any atom is -0.147 e. The van der Waals surface area contributed by atoms with E-state index in [1.807, 2.05) is 0 Å². The van der Waals surface area contributed by atoms with Crippen LogP contribution in [0.4, 0.5) is 0 Å². The summed E-state index contributed by atoms with van der Waals surface area (Å²) in [6.45, 7) is 37.0. The molecule has 0 saturated carbocycles. The predicted octanol–water partition coefficient (Wildman–Crippen LogP) is 16.9. The summed E-state index contributed by atoms with van der Waals surface area (Å²) in [4.78, 5) is 0. The van der Waals surface area contributed by atoms with Crippen molar-refractivity contribution in [3.8, 4) is 22.3 Å². The van der Waals surface area contributed by atoms with Gasteiger partial charge in [0.15, 0.2) is 0 Å². The Bertz CT molecular complexity index is 2580. The van der Waals surface area contributed by atoms with Gasteiger partial charge in [0.25, 0.3) is 0 Å². The third-order valence-corrected chi connectivity index (χ3v) is 33.1. The monoisotopic (exact) mass is 958 g/mol. The number of rotatable bonds is 6. The number of hydrogen-bond donors (Lipinski definition) is 0. The van der Waals surface area contributed by atoms with E-state index in [0.717, 1.165) is 23.0 Å². The van der Waals surface area contributed by atoms with E-state index in [0.29, 0.717) is 7.25 Å². The minimum absolute atomic E-state index is 0. The Kier molecular flexibility index (Phi) is 13.6. The van der Waals surface area contributed by atoms with Gasteiger partial charge in [0.2, 0.25) is 0 Å². The Labute approximate surface area is 392 Å². The van der Waals surface area contributed by atoms with E-state index in [9.17, 15) is 0 Å². The predicted molar refractivity (Wildman–Crippen MR) is 270 cm³/mol. The van der Waals surface area contributed by atoms with Crippen LogP contribution in [0.3, 0.4) is 0 Å². The Morgan fingerprint density at radius 1 is 0.484 bits per heavy atom. The zero-order chi connectivity index (χ0) is 43.3. The number of benzene rings is 4. The molecular formula is C56H66Cl2O2SiZr. The fourth-order valence-electron chi connectivity index (χ4n) is 9.82. The zero-order valence-corrected chi connectivity index (χ0v) is 45.0. The average Bonchev–Trinajstić information content (AvgIpc) is 3.92. The van der Waals surface area contributed by atoms with Crippen molar-refractivity contribution in [1.29, 1.82) is 0 Å². The van der Waals surface area contributed by atoms with Crippen LogP contribution >= 0.6 is 24.8 Å². The summed E-state index contributed by atoms with van der Waals surface area (Å²) in [5.74, 6) is 4.11. The first-order valence-corrected chi connectivity index (χ1v) is 30.9. The van der Waals surface area contributed by atoms with Crippen molar-refractivity contribution in [2.75, 3.05) is 0 Å². The van der Waals surface area contributed by atoms with Gasteiger partial charge in [0.1, 0.15) is 0 Å². The quantitative estimate of drug-likeness (QED) is 0.156. The molecule has 324 valence electrons. The number of aryl methyl sites for hydroxylation is 6. The summed E-state index contributed by atoms with van der Waals surface area (Å²) >= 11 is -2.77. The maximum atomic E-state index is 6.80. The molecule has 0 bridgehead atoms. The van der Waals surface area contributed by atoms with Crippen LogP contribution in [0.5, 0.6) is 0 Å². The molecule has 0 fully saturated rings. The van der Waals surface area contributed by atoms with E-state index in [2.05, 4.69) is 195 Å². The normalized spacial score (nSPS) is 15.7. The zero-order valence-electron chi connectivity index (χ0n) is 39.9. The van der Waals surface area contributed by atoms with E-state index in [1.165, 1.54) is 100 Å². The van der Waals surface area contributed by atoms with Crippen molar-refractivity contribution in [3.63, 3.8) is 0 Å². The van der Waals surface area contributed by atoms with Crippen molar-refractivity contribution in [2.24, 2.45) is 0 Å². The molecule has 2 atom stereocenters. The second-order valence-corrected chi connectivity index (χ2v) is 38.1. The third kappa shape index (κ3) is 8.37. The summed E-state index contributed by atoms with van der Waals surface area (Å²) in [6.07, 6.45) is 5.12. The topological polar surface area (TPSA) is 26.3 Å². The molecule has 2 aliphatic rings. The van der Waals surface area contributed by atoms with Gasteiger partial charge in [-0.1, -0.05) is 0 Å². The molecule has 0 amide bonds. The van der Waals surface area contributed by atoms with Crippen molar-refractivity contribution in [3.05, 3.63) is 163 Å². The van der Waals surface area contributed by atoms with Crippen LogP contribution in [0.15, 0.2) is 81.6 Å². The van der Waals surface area contributed by atoms with Gasteiger partial charge in [0.05, 0.1) is 0 Å². The number of allylic oxidation sites excluding steroid dienone is 2. The van der Waals surface area contributed by atoms with Crippen molar-refractivity contribution in [1.82, 2.24) is 0 Å². The molecule has 62 heavy (non-hydrogen) atoms. The first-order chi connectivity index (χ1) is 28.1. The summed E-state index contributed by atoms with van der Waals surface area (Å²) < 4.78 is 14.2. The van der Waals surface area contributed by atoms with Gasteiger partial charge in [-0.25, -0.2) is 0 Å². The second kappa shape index (κ2) is 17.5. The minimum atomic E-state index is -2.77. The van der Waals surface area contributed by atoms with Crippen LogP contribution in [-0.2, 0) is 31.2 Å². The van der Waals surface area contributed by atoms with Crippen LogP contribution in [0, 0.1) is 55.4 Å². The Balaban J connectivity index is 0.00000321. The summed E-state index contributed by atoms with van der Waals surface area (Å²) in [7, 11) is 0. The fraction of sp³-hybridized carbons (Fsp3) is 0.357. The molecule has 0 N–H and O–H groups in total. The van der Waals surface area contributed by atoms with Gasteiger partial charge >= 0.3 is 371 Å². The third-order valence-electron chi connectivity index (χ3n) is 13.9. The van der Waals surface area contributed by atoms with Crippen LogP contribution in [0.2, 0.25) is 13.1 Å². The maximum absolute atomic E-state index is 6.80. The van der Waals surface area contributed by atoms with Crippen LogP contribution in [0.25, 0.3) is 45.6 Å². The summed E-state index contributed by atoms with van der Waals surface area (Å²) in [6, 6.07) is 28.7. The van der Waals surface area contributed by atoms with E-state index in [1.54, 1.807) is 0 Å². The fourth-order valence-corrected chi connectivity index (χ4v) is 29.6. The van der Waals surface area contributed by atoms with Gasteiger partial charge in [-0.2, -0.15) is 0 Å². The van der Waals surface area contributed by atoms with Crippen LogP contribution in [-0.4, -0.2) is 5.43 Å². The van der Waals surface area contributed by atoms with E-state index in [-0.39, 0.29) is 35.6 Å². The van der Waals surface area contributed by atoms with Crippen molar-refractivity contribution in [2.45, 2.75) is 128 Å². The van der Waals surface area contributed by atoms with Gasteiger partial charge in [-0.05, 0) is 0 Å². The van der Waals surface area contributed by atoms with E-state index < -0.39 is 25.8 Å². The average molecular weight is 961 g/mol. The molecule has 6 aromatic rings. The van der Waals surface area contributed by atoms with Crippen molar-refractivity contribution >= 4 is 53.5 Å². The molecule has 4 aromatic carbocycles. The molecule has 2 nitrogen and oxygen atoms in total. The van der Waals surface area contributed by atoms with Crippen LogP contribution < -0.4 is 0 Å². The molecule has 0 radical (unpaired) electrons. The van der Waals surface area contributed by atoms with Gasteiger partial charge in [-0.3, -0.25) is 0 Å². The molecule has 2 aliphatic carbocycles. The molecule has 2 heterocycles. The largest absolute Gasteiger partial charge is 0.147 e. The number of furan rings is 2. The molecule has 0 saturated heterocycles. The first-order valence-electron chi connectivity index (χ1n) is 21.9. The number of halogens is 2. The smallest absolute Gasteiger partial charge is 0.147 e. The number of hydrogen-bond acceptors (Lipinski definition) is 2. The van der Waals surface area contributed by atoms with Gasteiger partial charge in [0, 0.05) is 0 Å². The molecule has 6 heteroatoms. The molecule has 2 unspecified atom stereocenters. The standard InChI is InChI=1S/2C27H29O.C2H6Si.2ClH.Zr/c2*1-16-12-21-14-22(25-13-17(2)19(4)28-25)15-24(21)26(18(16)3)20-8-10-23(11-9-20)27(5,6)7;1-3-2;;;/h2*8-15H,1-7H3;1-2H3;2*1H;.